The van der Waals surface area contributed by atoms with E-state index in [9.17, 15) is 0 Å². The molecule has 1 saturated heterocycles. The fourth-order valence-corrected chi connectivity index (χ4v) is 4.35. The Bertz CT molecular complexity index is 1170. The molecule has 2 aliphatic rings. The van der Waals surface area contributed by atoms with Gasteiger partial charge in [-0.2, -0.15) is 4.98 Å². The Hall–Kier alpha value is -3.00. The minimum atomic E-state index is 0.163. The van der Waals surface area contributed by atoms with Crippen LogP contribution in [0.2, 0.25) is 0 Å². The van der Waals surface area contributed by atoms with E-state index in [1.165, 1.54) is 5.57 Å². The van der Waals surface area contributed by atoms with E-state index >= 15 is 0 Å². The highest BCUT2D eigenvalue weighted by Crippen LogP contribution is 2.33. The molecule has 1 aliphatic heterocycles. The number of fused-ring (bicyclic) bond motifs is 2. The van der Waals surface area contributed by atoms with Crippen LogP contribution >= 0.6 is 0 Å². The Kier molecular flexibility index (Phi) is 5.78. The van der Waals surface area contributed by atoms with E-state index in [1.54, 1.807) is 6.20 Å². The zero-order chi connectivity index (χ0) is 23.0. The van der Waals surface area contributed by atoms with Crippen molar-refractivity contribution in [3.05, 3.63) is 35.5 Å². The van der Waals surface area contributed by atoms with Gasteiger partial charge >= 0.3 is 0 Å². The number of ether oxygens (including phenoxy) is 1. The molecule has 0 bridgehead atoms. The third kappa shape index (κ3) is 5.00. The number of aryl methyl sites for hydroxylation is 1. The zero-order valence-corrected chi connectivity index (χ0v) is 20.0. The summed E-state index contributed by atoms with van der Waals surface area (Å²) in [6.45, 7) is 9.49. The van der Waals surface area contributed by atoms with Crippen LogP contribution in [0.3, 0.4) is 0 Å². The topological polar surface area (TPSA) is 91.9 Å². The predicted molar refractivity (Wildman–Crippen MR) is 131 cm³/mol. The number of nitrogens with one attached hydrogen (secondary N) is 2. The second-order valence-electron chi connectivity index (χ2n) is 10.4. The van der Waals surface area contributed by atoms with Gasteiger partial charge in [0.25, 0.3) is 0 Å². The summed E-state index contributed by atoms with van der Waals surface area (Å²) >= 11 is 0. The quantitative estimate of drug-likeness (QED) is 0.607. The van der Waals surface area contributed by atoms with Crippen LogP contribution in [0.25, 0.3) is 22.7 Å². The van der Waals surface area contributed by atoms with E-state index in [0.29, 0.717) is 11.8 Å². The molecule has 4 heterocycles. The largest absolute Gasteiger partial charge is 0.473 e. The number of aromatic amines is 1. The highest BCUT2D eigenvalue weighted by Gasteiger charge is 2.21. The smallest absolute Gasteiger partial charge is 0.233 e. The summed E-state index contributed by atoms with van der Waals surface area (Å²) in [6, 6.07) is 0. The zero-order valence-electron chi connectivity index (χ0n) is 20.0. The van der Waals surface area contributed by atoms with Gasteiger partial charge in [-0.25, -0.2) is 9.97 Å². The maximum atomic E-state index is 6.16. The van der Waals surface area contributed by atoms with Gasteiger partial charge in [0.1, 0.15) is 11.8 Å². The molecule has 3 aromatic rings. The highest BCUT2D eigenvalue weighted by atomic mass is 16.5. The summed E-state index contributed by atoms with van der Waals surface area (Å²) in [5.74, 6) is 1.27. The minimum absolute atomic E-state index is 0.163. The van der Waals surface area contributed by atoms with E-state index in [-0.39, 0.29) is 11.5 Å². The van der Waals surface area contributed by atoms with Gasteiger partial charge in [-0.1, -0.05) is 20.8 Å². The SMILES string of the molecule is CN1CCC(Oc2cnc3c(n2)C=C(c2c[nH]c4nc(NCC(C)(C)C)ncc24)CC3)CC1. The molecule has 33 heavy (non-hydrogen) atoms. The van der Waals surface area contributed by atoms with Gasteiger partial charge in [0, 0.05) is 43.0 Å². The minimum Gasteiger partial charge on any atom is -0.473 e. The molecule has 0 unspecified atom stereocenters. The molecule has 0 saturated carbocycles. The molecular formula is C25H33N7O. The molecule has 0 radical (unpaired) electrons. The third-order valence-corrected chi connectivity index (χ3v) is 6.31. The number of nitrogens with zero attached hydrogens (tertiary/aromatic N) is 5. The molecule has 8 nitrogen and oxygen atoms in total. The molecule has 8 heteroatoms. The number of likely N-dealkylation sites (tertiary alicyclic amines) is 1. The predicted octanol–water partition coefficient (Wildman–Crippen LogP) is 4.17. The molecule has 5 rings (SSSR count). The molecule has 1 aliphatic carbocycles. The first kappa shape index (κ1) is 21.8. The van der Waals surface area contributed by atoms with Crippen LogP contribution in [0, 0.1) is 5.41 Å². The van der Waals surface area contributed by atoms with Crippen molar-refractivity contribution in [2.75, 3.05) is 32.0 Å². The van der Waals surface area contributed by atoms with E-state index in [4.69, 9.17) is 9.72 Å². The molecular weight excluding hydrogens is 414 g/mol. The van der Waals surface area contributed by atoms with Crippen molar-refractivity contribution in [2.24, 2.45) is 5.41 Å². The Morgan fingerprint density at radius 2 is 1.94 bits per heavy atom. The molecule has 2 N–H and O–H groups in total. The van der Waals surface area contributed by atoms with E-state index < -0.39 is 0 Å². The first-order valence-corrected chi connectivity index (χ1v) is 11.8. The Morgan fingerprint density at radius 1 is 1.12 bits per heavy atom. The second kappa shape index (κ2) is 8.74. The monoisotopic (exact) mass is 447 g/mol. The molecule has 0 atom stereocenters. The van der Waals surface area contributed by atoms with Crippen molar-refractivity contribution in [3.8, 4) is 5.88 Å². The van der Waals surface area contributed by atoms with Crippen LogP contribution < -0.4 is 10.1 Å². The maximum absolute atomic E-state index is 6.16. The number of hydrogen-bond donors (Lipinski definition) is 2. The number of anilines is 1. The van der Waals surface area contributed by atoms with Crippen molar-refractivity contribution in [3.63, 3.8) is 0 Å². The molecule has 3 aromatic heterocycles. The van der Waals surface area contributed by atoms with Gasteiger partial charge in [0.15, 0.2) is 0 Å². The maximum Gasteiger partial charge on any atom is 0.233 e. The average molecular weight is 448 g/mol. The van der Waals surface area contributed by atoms with Crippen LogP contribution in [-0.4, -0.2) is 62.6 Å². The fourth-order valence-electron chi connectivity index (χ4n) is 4.35. The van der Waals surface area contributed by atoms with Crippen molar-refractivity contribution in [2.45, 2.75) is 52.6 Å². The molecule has 0 amide bonds. The summed E-state index contributed by atoms with van der Waals surface area (Å²) in [5, 5.41) is 4.35. The van der Waals surface area contributed by atoms with Gasteiger partial charge in [0.2, 0.25) is 11.8 Å². The third-order valence-electron chi connectivity index (χ3n) is 6.31. The lowest BCUT2D eigenvalue weighted by atomic mass is 9.94. The standard InChI is InChI=1S/C25H33N7O/c1-25(2,3)15-29-24-28-13-19-18(12-27-23(19)31-24)16-5-6-20-21(11-16)30-22(14-26-20)33-17-7-9-32(4)10-8-17/h11-14,17H,5-10,15H2,1-4H3,(H2,27,28,29,31). The summed E-state index contributed by atoms with van der Waals surface area (Å²) < 4.78 is 6.16. The number of hydrogen-bond acceptors (Lipinski definition) is 7. The van der Waals surface area contributed by atoms with Crippen LogP contribution in [0.4, 0.5) is 5.95 Å². The van der Waals surface area contributed by atoms with Gasteiger partial charge in [-0.05, 0) is 49.8 Å². The summed E-state index contributed by atoms with van der Waals surface area (Å²) in [7, 11) is 2.15. The first-order valence-electron chi connectivity index (χ1n) is 11.8. The lowest BCUT2D eigenvalue weighted by molar-refractivity contribution is 0.109. The lowest BCUT2D eigenvalue weighted by Gasteiger charge is -2.29. The number of rotatable bonds is 5. The number of H-pyrrole nitrogens is 1. The van der Waals surface area contributed by atoms with E-state index in [2.05, 4.69) is 64.0 Å². The number of aromatic nitrogens is 5. The fraction of sp³-hybridized carbons (Fsp3) is 0.520. The summed E-state index contributed by atoms with van der Waals surface area (Å²) in [5.41, 5.74) is 5.28. The highest BCUT2D eigenvalue weighted by molar-refractivity contribution is 5.96. The van der Waals surface area contributed by atoms with Crippen molar-refractivity contribution >= 4 is 28.6 Å². The van der Waals surface area contributed by atoms with Crippen LogP contribution in [0.1, 0.15) is 57.0 Å². The first-order chi connectivity index (χ1) is 15.8. The van der Waals surface area contributed by atoms with Crippen molar-refractivity contribution < 1.29 is 4.74 Å². The van der Waals surface area contributed by atoms with Gasteiger partial charge < -0.3 is 19.9 Å². The van der Waals surface area contributed by atoms with Crippen LogP contribution in [0.15, 0.2) is 18.6 Å². The Labute approximate surface area is 194 Å². The van der Waals surface area contributed by atoms with Crippen LogP contribution in [0.5, 0.6) is 5.88 Å². The van der Waals surface area contributed by atoms with Crippen molar-refractivity contribution in [1.82, 2.24) is 29.8 Å². The average Bonchev–Trinajstić information content (AvgIpc) is 3.21. The van der Waals surface area contributed by atoms with Crippen LogP contribution in [-0.2, 0) is 6.42 Å². The summed E-state index contributed by atoms with van der Waals surface area (Å²) in [6.07, 6.45) is 11.9. The lowest BCUT2D eigenvalue weighted by Crippen LogP contribution is -2.35. The molecule has 1 fully saturated rings. The van der Waals surface area contributed by atoms with Gasteiger partial charge in [-0.3, -0.25) is 4.98 Å². The van der Waals surface area contributed by atoms with E-state index in [1.807, 2.05) is 12.4 Å². The Balaban J connectivity index is 1.36. The number of piperidine rings is 1. The Morgan fingerprint density at radius 3 is 2.73 bits per heavy atom. The van der Waals surface area contributed by atoms with E-state index in [0.717, 1.165) is 73.3 Å². The molecule has 174 valence electrons. The van der Waals surface area contributed by atoms with Gasteiger partial charge in [-0.15, -0.1) is 0 Å². The molecule has 0 aromatic carbocycles. The number of allylic oxidation sites excluding steroid dienone is 1. The normalized spacial score (nSPS) is 17.6. The second-order valence-corrected chi connectivity index (χ2v) is 10.4. The molecule has 0 spiro atoms. The van der Waals surface area contributed by atoms with Crippen molar-refractivity contribution in [1.29, 1.82) is 0 Å². The van der Waals surface area contributed by atoms with Gasteiger partial charge in [0.05, 0.1) is 17.6 Å². The summed E-state index contributed by atoms with van der Waals surface area (Å²) in [4.78, 5) is 24.3.